The first kappa shape index (κ1) is 14.7. The first-order valence-electron chi connectivity index (χ1n) is 6.29. The molecule has 0 aliphatic carbocycles. The van der Waals surface area contributed by atoms with E-state index in [2.05, 4.69) is 5.48 Å². The van der Waals surface area contributed by atoms with Crippen LogP contribution in [0.4, 0.5) is 5.69 Å². The second-order valence-corrected chi connectivity index (χ2v) is 4.43. The Bertz CT molecular complexity index is 656. The second-order valence-electron chi connectivity index (χ2n) is 4.43. The largest absolute Gasteiger partial charge is 0.282 e. The molecule has 0 radical (unpaired) electrons. The molecule has 0 aliphatic heterocycles. The molecule has 1 amide bonds. The first-order valence-corrected chi connectivity index (χ1v) is 6.29. The smallest absolute Gasteiger partial charge is 0.269 e. The second kappa shape index (κ2) is 6.62. The Morgan fingerprint density at radius 1 is 1.19 bits per heavy atom. The van der Waals surface area contributed by atoms with Crippen LogP contribution in [-0.4, -0.2) is 10.8 Å². The minimum absolute atomic E-state index is 0.00978. The van der Waals surface area contributed by atoms with Gasteiger partial charge in [-0.25, -0.2) is 5.48 Å². The standard InChI is InChI=1S/C15H14N2O4/c1-11-6-5-9-13(17(19)20)14(11)15(18)16-21-10-12-7-3-2-4-8-12/h2-9H,10H2,1H3,(H,16,18). The number of nitro benzene ring substituents is 1. The summed E-state index contributed by atoms with van der Waals surface area (Å²) >= 11 is 0. The van der Waals surface area contributed by atoms with E-state index in [4.69, 9.17) is 4.84 Å². The van der Waals surface area contributed by atoms with Gasteiger partial charge in [-0.2, -0.15) is 0 Å². The predicted octanol–water partition coefficient (Wildman–Crippen LogP) is 2.76. The molecule has 2 rings (SSSR count). The number of hydrogen-bond acceptors (Lipinski definition) is 4. The fourth-order valence-corrected chi connectivity index (χ4v) is 1.91. The molecule has 6 heteroatoms. The van der Waals surface area contributed by atoms with Crippen molar-refractivity contribution < 1.29 is 14.6 Å². The summed E-state index contributed by atoms with van der Waals surface area (Å²) in [6, 6.07) is 13.7. The van der Waals surface area contributed by atoms with Crippen molar-refractivity contribution in [3.63, 3.8) is 0 Å². The molecule has 108 valence electrons. The number of carbonyl (C=O) groups excluding carboxylic acids is 1. The highest BCUT2D eigenvalue weighted by Crippen LogP contribution is 2.21. The quantitative estimate of drug-likeness (QED) is 0.677. The van der Waals surface area contributed by atoms with Crippen LogP contribution >= 0.6 is 0 Å². The fraction of sp³-hybridized carbons (Fsp3) is 0.133. The maximum atomic E-state index is 12.0. The normalized spacial score (nSPS) is 10.1. The van der Waals surface area contributed by atoms with Gasteiger partial charge in [-0.3, -0.25) is 19.7 Å². The Morgan fingerprint density at radius 3 is 2.57 bits per heavy atom. The average molecular weight is 286 g/mol. The van der Waals surface area contributed by atoms with Gasteiger partial charge in [0.25, 0.3) is 11.6 Å². The number of nitrogens with zero attached hydrogens (tertiary/aromatic N) is 1. The number of hydrogen-bond donors (Lipinski definition) is 1. The molecule has 0 saturated heterocycles. The third-order valence-corrected chi connectivity index (χ3v) is 2.92. The molecule has 0 heterocycles. The van der Waals surface area contributed by atoms with E-state index >= 15 is 0 Å². The molecular formula is C15H14N2O4. The van der Waals surface area contributed by atoms with Crippen molar-refractivity contribution in [2.75, 3.05) is 0 Å². The van der Waals surface area contributed by atoms with E-state index in [1.807, 2.05) is 30.3 Å². The van der Waals surface area contributed by atoms with E-state index in [1.165, 1.54) is 12.1 Å². The van der Waals surface area contributed by atoms with Crippen molar-refractivity contribution in [2.24, 2.45) is 0 Å². The van der Waals surface area contributed by atoms with E-state index < -0.39 is 10.8 Å². The fourth-order valence-electron chi connectivity index (χ4n) is 1.91. The topological polar surface area (TPSA) is 81.5 Å². The lowest BCUT2D eigenvalue weighted by Gasteiger charge is -2.08. The number of nitrogens with one attached hydrogen (secondary N) is 1. The minimum Gasteiger partial charge on any atom is -0.269 e. The molecule has 1 N–H and O–H groups in total. The summed E-state index contributed by atoms with van der Waals surface area (Å²) in [6.45, 7) is 1.82. The molecule has 21 heavy (non-hydrogen) atoms. The average Bonchev–Trinajstić information content (AvgIpc) is 2.47. The summed E-state index contributed by atoms with van der Waals surface area (Å²) < 4.78 is 0. The van der Waals surface area contributed by atoms with Crippen molar-refractivity contribution in [3.05, 3.63) is 75.3 Å². The van der Waals surface area contributed by atoms with Gasteiger partial charge in [-0.05, 0) is 18.1 Å². The SMILES string of the molecule is Cc1cccc([N+](=O)[O-])c1C(=O)NOCc1ccccc1. The van der Waals surface area contributed by atoms with Crippen LogP contribution in [0.1, 0.15) is 21.5 Å². The number of nitro groups is 1. The Morgan fingerprint density at radius 2 is 1.90 bits per heavy atom. The van der Waals surface area contributed by atoms with Gasteiger partial charge in [0.1, 0.15) is 5.56 Å². The Balaban J connectivity index is 2.06. The lowest BCUT2D eigenvalue weighted by molar-refractivity contribution is -0.385. The summed E-state index contributed by atoms with van der Waals surface area (Å²) in [5.41, 5.74) is 3.41. The zero-order valence-electron chi connectivity index (χ0n) is 11.4. The van der Waals surface area contributed by atoms with Gasteiger partial charge in [-0.1, -0.05) is 42.5 Å². The summed E-state index contributed by atoms with van der Waals surface area (Å²) in [6.07, 6.45) is 0. The summed E-state index contributed by atoms with van der Waals surface area (Å²) in [5.74, 6) is -0.629. The van der Waals surface area contributed by atoms with Gasteiger partial charge in [-0.15, -0.1) is 0 Å². The Hall–Kier alpha value is -2.73. The summed E-state index contributed by atoms with van der Waals surface area (Å²) in [7, 11) is 0. The van der Waals surface area contributed by atoms with E-state index in [-0.39, 0.29) is 17.9 Å². The van der Waals surface area contributed by atoms with Crippen LogP contribution in [0.15, 0.2) is 48.5 Å². The van der Waals surface area contributed by atoms with Crippen LogP contribution in [0.5, 0.6) is 0 Å². The molecule has 0 aliphatic rings. The van der Waals surface area contributed by atoms with Crippen molar-refractivity contribution in [1.29, 1.82) is 0 Å². The molecule has 0 aromatic heterocycles. The van der Waals surface area contributed by atoms with Crippen molar-refractivity contribution in [2.45, 2.75) is 13.5 Å². The first-order chi connectivity index (χ1) is 10.1. The summed E-state index contributed by atoms with van der Waals surface area (Å²) in [4.78, 5) is 27.5. The van der Waals surface area contributed by atoms with Gasteiger partial charge in [0.05, 0.1) is 11.5 Å². The minimum atomic E-state index is -0.629. The molecule has 2 aromatic rings. The van der Waals surface area contributed by atoms with Crippen LogP contribution in [0, 0.1) is 17.0 Å². The predicted molar refractivity (Wildman–Crippen MR) is 76.5 cm³/mol. The van der Waals surface area contributed by atoms with E-state index in [0.29, 0.717) is 5.56 Å². The van der Waals surface area contributed by atoms with Gasteiger partial charge >= 0.3 is 0 Å². The van der Waals surface area contributed by atoms with Gasteiger partial charge in [0.15, 0.2) is 0 Å². The Labute approximate surface area is 121 Å². The molecule has 6 nitrogen and oxygen atoms in total. The van der Waals surface area contributed by atoms with Crippen LogP contribution in [0.2, 0.25) is 0 Å². The summed E-state index contributed by atoms with van der Waals surface area (Å²) in [5, 5.41) is 11.0. The number of benzene rings is 2. The molecule has 0 bridgehead atoms. The maximum absolute atomic E-state index is 12.0. The highest BCUT2D eigenvalue weighted by Gasteiger charge is 2.22. The van der Waals surface area contributed by atoms with Crippen molar-refractivity contribution >= 4 is 11.6 Å². The van der Waals surface area contributed by atoms with Crippen LogP contribution in [0.3, 0.4) is 0 Å². The highest BCUT2D eigenvalue weighted by atomic mass is 16.7. The number of aryl methyl sites for hydroxylation is 1. The zero-order chi connectivity index (χ0) is 15.2. The Kier molecular flexibility index (Phi) is 4.63. The third kappa shape index (κ3) is 3.64. The molecule has 0 atom stereocenters. The molecular weight excluding hydrogens is 272 g/mol. The van der Waals surface area contributed by atoms with E-state index in [0.717, 1.165) is 5.56 Å². The van der Waals surface area contributed by atoms with Gasteiger partial charge in [0, 0.05) is 6.07 Å². The van der Waals surface area contributed by atoms with Crippen LogP contribution in [0.25, 0.3) is 0 Å². The third-order valence-electron chi connectivity index (χ3n) is 2.92. The highest BCUT2D eigenvalue weighted by molar-refractivity contribution is 5.98. The number of amides is 1. The molecule has 2 aromatic carbocycles. The van der Waals surface area contributed by atoms with Gasteiger partial charge < -0.3 is 0 Å². The van der Waals surface area contributed by atoms with Crippen LogP contribution in [-0.2, 0) is 11.4 Å². The van der Waals surface area contributed by atoms with Crippen molar-refractivity contribution in [1.82, 2.24) is 5.48 Å². The number of carbonyl (C=O) groups is 1. The molecule has 0 spiro atoms. The maximum Gasteiger partial charge on any atom is 0.282 e. The molecule has 0 saturated carbocycles. The van der Waals surface area contributed by atoms with Gasteiger partial charge in [0.2, 0.25) is 0 Å². The number of hydroxylamine groups is 1. The van der Waals surface area contributed by atoms with Crippen molar-refractivity contribution in [3.8, 4) is 0 Å². The number of rotatable bonds is 5. The molecule has 0 fully saturated rings. The van der Waals surface area contributed by atoms with E-state index in [9.17, 15) is 14.9 Å². The lowest BCUT2D eigenvalue weighted by Crippen LogP contribution is -2.25. The lowest BCUT2D eigenvalue weighted by atomic mass is 10.1. The monoisotopic (exact) mass is 286 g/mol. The molecule has 0 unspecified atom stereocenters. The zero-order valence-corrected chi connectivity index (χ0v) is 11.4. The van der Waals surface area contributed by atoms with E-state index in [1.54, 1.807) is 13.0 Å². The van der Waals surface area contributed by atoms with Crippen LogP contribution < -0.4 is 5.48 Å².